The van der Waals surface area contributed by atoms with E-state index in [1.54, 1.807) is 0 Å². The van der Waals surface area contributed by atoms with E-state index in [-0.39, 0.29) is 5.91 Å². The van der Waals surface area contributed by atoms with Crippen molar-refractivity contribution in [2.45, 2.75) is 64.1 Å². The number of amides is 1. The second kappa shape index (κ2) is 8.30. The van der Waals surface area contributed by atoms with E-state index in [2.05, 4.69) is 31.9 Å². The maximum Gasteiger partial charge on any atom is 0.255 e. The van der Waals surface area contributed by atoms with Gasteiger partial charge in [0.15, 0.2) is 0 Å². The van der Waals surface area contributed by atoms with E-state index < -0.39 is 0 Å². The predicted octanol–water partition coefficient (Wildman–Crippen LogP) is 5.26. The zero-order chi connectivity index (χ0) is 22.4. The summed E-state index contributed by atoms with van der Waals surface area (Å²) in [5.41, 5.74) is 4.39. The zero-order valence-corrected chi connectivity index (χ0v) is 19.1. The van der Waals surface area contributed by atoms with Crippen LogP contribution in [0.2, 0.25) is 0 Å². The fourth-order valence-corrected chi connectivity index (χ4v) is 5.47. The standard InChI is InChI=1S/C26H30N6O/c1-17-5-4-12-31(17)16-25-29-22-10-9-20(14-23(22)30-25)28-26(33)18-8-11-24-19(13-18)15-27-32(24)21-6-2-3-7-21/h8-11,13-15,17,21H,2-7,12,16H2,1H3,(H,28,33)(H,29,30)/t17-/m0/s1. The minimum Gasteiger partial charge on any atom is -0.341 e. The number of hydrogen-bond donors (Lipinski definition) is 2. The number of nitrogens with zero attached hydrogens (tertiary/aromatic N) is 4. The molecular weight excluding hydrogens is 412 g/mol. The summed E-state index contributed by atoms with van der Waals surface area (Å²) in [4.78, 5) is 23.6. The number of nitrogens with one attached hydrogen (secondary N) is 2. The Balaban J connectivity index is 1.19. The Hall–Kier alpha value is -3.19. The Morgan fingerprint density at radius 2 is 2.00 bits per heavy atom. The summed E-state index contributed by atoms with van der Waals surface area (Å²) in [5, 5.41) is 8.67. The molecule has 0 radical (unpaired) electrons. The Bertz CT molecular complexity index is 1320. The van der Waals surface area contributed by atoms with Crippen molar-refractivity contribution >= 4 is 33.5 Å². The number of imidazole rings is 1. The molecule has 7 heteroatoms. The van der Waals surface area contributed by atoms with Crippen LogP contribution in [0.5, 0.6) is 0 Å². The minimum absolute atomic E-state index is 0.115. The molecule has 1 atom stereocenters. The molecule has 2 aliphatic rings. The first-order valence-electron chi connectivity index (χ1n) is 12.2. The number of aromatic amines is 1. The summed E-state index contributed by atoms with van der Waals surface area (Å²) in [6.45, 7) is 4.25. The Kier molecular flexibility index (Phi) is 5.14. The number of rotatable bonds is 5. The van der Waals surface area contributed by atoms with Gasteiger partial charge in [-0.3, -0.25) is 14.4 Å². The number of anilines is 1. The molecular formula is C26H30N6O. The SMILES string of the molecule is C[C@H]1CCCN1Cc1nc2ccc(NC(=O)c3ccc4c(cnn4C4CCCC4)c3)cc2[nH]1. The molecule has 2 fully saturated rings. The van der Waals surface area contributed by atoms with Crippen LogP contribution in [0.15, 0.2) is 42.6 Å². The molecule has 1 aliphatic heterocycles. The number of aromatic nitrogens is 4. The van der Waals surface area contributed by atoms with Crippen molar-refractivity contribution in [2.24, 2.45) is 0 Å². The van der Waals surface area contributed by atoms with Crippen LogP contribution >= 0.6 is 0 Å². The summed E-state index contributed by atoms with van der Waals surface area (Å²) < 4.78 is 2.14. The van der Waals surface area contributed by atoms with E-state index >= 15 is 0 Å². The molecule has 0 bridgehead atoms. The molecule has 1 aliphatic carbocycles. The molecule has 3 heterocycles. The quantitative estimate of drug-likeness (QED) is 0.442. The monoisotopic (exact) mass is 442 g/mol. The number of fused-ring (bicyclic) bond motifs is 2. The molecule has 1 amide bonds. The largest absolute Gasteiger partial charge is 0.341 e. The van der Waals surface area contributed by atoms with Gasteiger partial charge in [-0.1, -0.05) is 12.8 Å². The van der Waals surface area contributed by atoms with Crippen molar-refractivity contribution in [3.05, 3.63) is 54.0 Å². The molecule has 2 aromatic carbocycles. The lowest BCUT2D eigenvalue weighted by atomic mass is 10.1. The zero-order valence-electron chi connectivity index (χ0n) is 19.1. The fraction of sp³-hybridized carbons (Fsp3) is 0.423. The maximum atomic E-state index is 13.0. The van der Waals surface area contributed by atoms with Crippen LogP contribution in [0, 0.1) is 0 Å². The van der Waals surface area contributed by atoms with Crippen LogP contribution in [0.1, 0.15) is 67.7 Å². The van der Waals surface area contributed by atoms with Gasteiger partial charge in [0, 0.05) is 22.7 Å². The van der Waals surface area contributed by atoms with Gasteiger partial charge >= 0.3 is 0 Å². The highest BCUT2D eigenvalue weighted by Gasteiger charge is 2.22. The van der Waals surface area contributed by atoms with Crippen molar-refractivity contribution in [1.29, 1.82) is 0 Å². The summed E-state index contributed by atoms with van der Waals surface area (Å²) in [6, 6.07) is 12.8. The maximum absolute atomic E-state index is 13.0. The lowest BCUT2D eigenvalue weighted by molar-refractivity contribution is 0.102. The minimum atomic E-state index is -0.115. The molecule has 0 spiro atoms. The van der Waals surface area contributed by atoms with Crippen LogP contribution in [-0.2, 0) is 6.54 Å². The van der Waals surface area contributed by atoms with Gasteiger partial charge in [0.25, 0.3) is 5.91 Å². The van der Waals surface area contributed by atoms with Crippen LogP contribution in [0.4, 0.5) is 5.69 Å². The van der Waals surface area contributed by atoms with Crippen LogP contribution in [0.25, 0.3) is 21.9 Å². The van der Waals surface area contributed by atoms with Crippen molar-refractivity contribution < 1.29 is 4.79 Å². The number of hydrogen-bond acceptors (Lipinski definition) is 4. The van der Waals surface area contributed by atoms with Gasteiger partial charge in [-0.2, -0.15) is 5.10 Å². The lowest BCUT2D eigenvalue weighted by Crippen LogP contribution is -2.26. The normalized spacial score (nSPS) is 19.7. The third kappa shape index (κ3) is 3.91. The molecule has 6 rings (SSSR count). The van der Waals surface area contributed by atoms with Crippen molar-refractivity contribution in [3.8, 4) is 0 Å². The molecule has 1 saturated heterocycles. The molecule has 2 N–H and O–H groups in total. The highest BCUT2D eigenvalue weighted by Crippen LogP contribution is 2.32. The molecule has 170 valence electrons. The summed E-state index contributed by atoms with van der Waals surface area (Å²) in [7, 11) is 0. The van der Waals surface area contributed by atoms with E-state index in [1.165, 1.54) is 38.5 Å². The van der Waals surface area contributed by atoms with Crippen molar-refractivity contribution in [1.82, 2.24) is 24.6 Å². The average Bonchev–Trinajstić information content (AvgIpc) is 3.60. The highest BCUT2D eigenvalue weighted by molar-refractivity contribution is 6.06. The van der Waals surface area contributed by atoms with Gasteiger partial charge in [0.2, 0.25) is 0 Å². The molecule has 33 heavy (non-hydrogen) atoms. The third-order valence-electron chi connectivity index (χ3n) is 7.36. The summed E-state index contributed by atoms with van der Waals surface area (Å²) in [6.07, 6.45) is 9.30. The Morgan fingerprint density at radius 1 is 1.12 bits per heavy atom. The van der Waals surface area contributed by atoms with Crippen LogP contribution in [0.3, 0.4) is 0 Å². The van der Waals surface area contributed by atoms with E-state index in [0.29, 0.717) is 17.6 Å². The first-order chi connectivity index (χ1) is 16.1. The number of H-pyrrole nitrogens is 1. The van der Waals surface area contributed by atoms with Gasteiger partial charge in [-0.25, -0.2) is 4.98 Å². The molecule has 4 aromatic rings. The average molecular weight is 443 g/mol. The third-order valence-corrected chi connectivity index (χ3v) is 7.36. The number of carbonyl (C=O) groups is 1. The van der Waals surface area contributed by atoms with Gasteiger partial charge < -0.3 is 10.3 Å². The summed E-state index contributed by atoms with van der Waals surface area (Å²) >= 11 is 0. The molecule has 7 nitrogen and oxygen atoms in total. The second-order valence-corrected chi connectivity index (χ2v) is 9.63. The van der Waals surface area contributed by atoms with Crippen LogP contribution in [-0.4, -0.2) is 43.1 Å². The van der Waals surface area contributed by atoms with Crippen molar-refractivity contribution in [3.63, 3.8) is 0 Å². The number of benzene rings is 2. The Labute approximate surface area is 193 Å². The van der Waals surface area contributed by atoms with Gasteiger partial charge in [0.1, 0.15) is 5.82 Å². The molecule has 2 aromatic heterocycles. The van der Waals surface area contributed by atoms with Crippen molar-refractivity contribution in [2.75, 3.05) is 11.9 Å². The molecule has 1 saturated carbocycles. The summed E-state index contributed by atoms with van der Waals surface area (Å²) in [5.74, 6) is 0.863. The van der Waals surface area contributed by atoms with Gasteiger partial charge in [-0.15, -0.1) is 0 Å². The smallest absolute Gasteiger partial charge is 0.255 e. The Morgan fingerprint density at radius 3 is 2.82 bits per heavy atom. The second-order valence-electron chi connectivity index (χ2n) is 9.63. The first kappa shape index (κ1) is 20.4. The predicted molar refractivity (Wildman–Crippen MR) is 130 cm³/mol. The highest BCUT2D eigenvalue weighted by atomic mass is 16.1. The topological polar surface area (TPSA) is 78.8 Å². The van der Waals surface area contributed by atoms with E-state index in [1.807, 2.05) is 42.6 Å². The van der Waals surface area contributed by atoms with Gasteiger partial charge in [0.05, 0.1) is 35.3 Å². The number of carbonyl (C=O) groups excluding carboxylic acids is 1. The van der Waals surface area contributed by atoms with Gasteiger partial charge in [-0.05, 0) is 75.5 Å². The lowest BCUT2D eigenvalue weighted by Gasteiger charge is -2.19. The fourth-order valence-electron chi connectivity index (χ4n) is 5.47. The van der Waals surface area contributed by atoms with Crippen LogP contribution < -0.4 is 5.32 Å². The van der Waals surface area contributed by atoms with E-state index in [9.17, 15) is 4.79 Å². The molecule has 0 unspecified atom stereocenters. The first-order valence-corrected chi connectivity index (χ1v) is 12.2. The number of likely N-dealkylation sites (tertiary alicyclic amines) is 1. The van der Waals surface area contributed by atoms with E-state index in [0.717, 1.165) is 46.5 Å². The van der Waals surface area contributed by atoms with E-state index in [4.69, 9.17) is 4.98 Å².